The second-order valence-corrected chi connectivity index (χ2v) is 4.59. The topological polar surface area (TPSA) is 46.5 Å². The van der Waals surface area contributed by atoms with Gasteiger partial charge in [-0.3, -0.25) is 9.59 Å². The summed E-state index contributed by atoms with van der Waals surface area (Å²) in [6, 6.07) is 9.02. The van der Waals surface area contributed by atoms with Crippen LogP contribution in [0.3, 0.4) is 0 Å². The minimum absolute atomic E-state index is 0.00691. The number of hydrogen-bond acceptors (Lipinski definition) is 4. The number of rotatable bonds is 3. The number of carbonyl (C=O) groups is 2. The molecule has 1 aromatic rings. The molecule has 0 amide bonds. The molecule has 0 saturated carbocycles. The van der Waals surface area contributed by atoms with E-state index in [4.69, 9.17) is 0 Å². The zero-order valence-corrected chi connectivity index (χ0v) is 10.2. The summed E-state index contributed by atoms with van der Waals surface area (Å²) in [7, 11) is 0. The SMILES string of the molecule is CC(=O)C1=CN=C(C(=O)c2ccccc2)SC1. The van der Waals surface area contributed by atoms with Crippen LogP contribution in [0.4, 0.5) is 0 Å². The molecule has 0 spiro atoms. The molecule has 0 atom stereocenters. The van der Waals surface area contributed by atoms with Gasteiger partial charge in [0.15, 0.2) is 5.78 Å². The minimum Gasteiger partial charge on any atom is -0.295 e. The van der Waals surface area contributed by atoms with E-state index in [9.17, 15) is 9.59 Å². The Kier molecular flexibility index (Phi) is 3.54. The van der Waals surface area contributed by atoms with Gasteiger partial charge in [-0.2, -0.15) is 0 Å². The van der Waals surface area contributed by atoms with Crippen molar-refractivity contribution in [1.82, 2.24) is 0 Å². The van der Waals surface area contributed by atoms with Crippen molar-refractivity contribution in [2.24, 2.45) is 4.99 Å². The largest absolute Gasteiger partial charge is 0.295 e. The molecule has 0 N–H and O–H groups in total. The van der Waals surface area contributed by atoms with Crippen LogP contribution < -0.4 is 0 Å². The normalized spacial score (nSPS) is 14.9. The Morgan fingerprint density at radius 3 is 2.47 bits per heavy atom. The Morgan fingerprint density at radius 2 is 1.94 bits per heavy atom. The molecule has 1 aliphatic heterocycles. The lowest BCUT2D eigenvalue weighted by Gasteiger charge is -2.10. The van der Waals surface area contributed by atoms with Gasteiger partial charge in [-0.15, -0.1) is 0 Å². The van der Waals surface area contributed by atoms with Gasteiger partial charge < -0.3 is 0 Å². The molecule has 3 nitrogen and oxygen atoms in total. The molecule has 0 radical (unpaired) electrons. The fourth-order valence-corrected chi connectivity index (χ4v) is 2.33. The number of nitrogens with zero attached hydrogens (tertiary/aromatic N) is 1. The standard InChI is InChI=1S/C13H11NO2S/c1-9(15)11-7-14-13(17-8-11)12(16)10-5-3-2-4-6-10/h2-7H,8H2,1H3. The first kappa shape index (κ1) is 11.8. The van der Waals surface area contributed by atoms with E-state index < -0.39 is 0 Å². The van der Waals surface area contributed by atoms with Crippen molar-refractivity contribution in [2.45, 2.75) is 6.92 Å². The molecule has 0 aromatic heterocycles. The third-order valence-corrected chi connectivity index (χ3v) is 3.40. The molecule has 1 aliphatic rings. The van der Waals surface area contributed by atoms with E-state index in [0.29, 0.717) is 21.9 Å². The molecule has 0 fully saturated rings. The molecule has 1 heterocycles. The summed E-state index contributed by atoms with van der Waals surface area (Å²) in [6.07, 6.45) is 1.50. The first-order valence-corrected chi connectivity index (χ1v) is 6.17. The Hall–Kier alpha value is -1.68. The Bertz CT molecular complexity index is 517. The summed E-state index contributed by atoms with van der Waals surface area (Å²) < 4.78 is 0. The number of carbonyl (C=O) groups excluding carboxylic acids is 2. The van der Waals surface area contributed by atoms with Gasteiger partial charge in [0.1, 0.15) is 5.04 Å². The van der Waals surface area contributed by atoms with Crippen LogP contribution in [-0.4, -0.2) is 22.4 Å². The lowest BCUT2D eigenvalue weighted by Crippen LogP contribution is -2.15. The molecule has 0 bridgehead atoms. The third-order valence-electron chi connectivity index (χ3n) is 2.38. The molecule has 0 aliphatic carbocycles. The van der Waals surface area contributed by atoms with E-state index in [1.54, 1.807) is 12.1 Å². The lowest BCUT2D eigenvalue weighted by atomic mass is 10.1. The smallest absolute Gasteiger partial charge is 0.217 e. The fraction of sp³-hybridized carbons (Fsp3) is 0.154. The molecule has 1 aromatic carbocycles. The number of aliphatic imine (C=N–C) groups is 1. The minimum atomic E-state index is -0.0885. The maximum absolute atomic E-state index is 12.0. The number of Topliss-reactive ketones (excluding diaryl/α,β-unsaturated/α-hetero) is 2. The van der Waals surface area contributed by atoms with Crippen molar-refractivity contribution < 1.29 is 9.59 Å². The molecular formula is C13H11NO2S. The third kappa shape index (κ3) is 2.71. The zero-order chi connectivity index (χ0) is 12.3. The first-order chi connectivity index (χ1) is 8.18. The summed E-state index contributed by atoms with van der Waals surface area (Å²) in [5.74, 6) is 0.439. The van der Waals surface area contributed by atoms with Crippen LogP contribution >= 0.6 is 11.8 Å². The molecule has 86 valence electrons. The van der Waals surface area contributed by atoms with E-state index >= 15 is 0 Å². The van der Waals surface area contributed by atoms with E-state index in [2.05, 4.69) is 4.99 Å². The molecule has 2 rings (SSSR count). The number of benzene rings is 1. The van der Waals surface area contributed by atoms with Gasteiger partial charge in [0.05, 0.1) is 0 Å². The van der Waals surface area contributed by atoms with Crippen molar-refractivity contribution in [1.29, 1.82) is 0 Å². The second kappa shape index (κ2) is 5.10. The Labute approximate surface area is 104 Å². The average Bonchev–Trinajstić information content (AvgIpc) is 2.39. The van der Waals surface area contributed by atoms with Crippen molar-refractivity contribution in [3.8, 4) is 0 Å². The highest BCUT2D eigenvalue weighted by Gasteiger charge is 2.18. The molecule has 17 heavy (non-hydrogen) atoms. The Balaban J connectivity index is 2.21. The van der Waals surface area contributed by atoms with Crippen molar-refractivity contribution >= 4 is 28.4 Å². The zero-order valence-electron chi connectivity index (χ0n) is 9.34. The first-order valence-electron chi connectivity index (χ1n) is 5.19. The Morgan fingerprint density at radius 1 is 1.24 bits per heavy atom. The maximum Gasteiger partial charge on any atom is 0.217 e. The quantitative estimate of drug-likeness (QED) is 0.769. The highest BCUT2D eigenvalue weighted by molar-refractivity contribution is 8.16. The van der Waals surface area contributed by atoms with E-state index in [0.717, 1.165) is 0 Å². The molecule has 0 unspecified atom stereocenters. The summed E-state index contributed by atoms with van der Waals surface area (Å²) in [5.41, 5.74) is 1.28. The van der Waals surface area contributed by atoms with Gasteiger partial charge in [0.25, 0.3) is 0 Å². The van der Waals surface area contributed by atoms with Crippen molar-refractivity contribution in [3.63, 3.8) is 0 Å². The number of thioether (sulfide) groups is 1. The van der Waals surface area contributed by atoms with Crippen molar-refractivity contribution in [3.05, 3.63) is 47.7 Å². The summed E-state index contributed by atoms with van der Waals surface area (Å²) >= 11 is 1.31. The van der Waals surface area contributed by atoms with Crippen LogP contribution in [-0.2, 0) is 4.79 Å². The number of ketones is 2. The van der Waals surface area contributed by atoms with Gasteiger partial charge in [0, 0.05) is 23.1 Å². The number of hydrogen-bond donors (Lipinski definition) is 0. The predicted molar refractivity (Wildman–Crippen MR) is 69.4 cm³/mol. The van der Waals surface area contributed by atoms with Crippen LogP contribution in [0.2, 0.25) is 0 Å². The summed E-state index contributed by atoms with van der Waals surface area (Å²) in [4.78, 5) is 27.2. The molecule has 4 heteroatoms. The van der Waals surface area contributed by atoms with Crippen LogP contribution in [0.25, 0.3) is 0 Å². The molecular weight excluding hydrogens is 234 g/mol. The highest BCUT2D eigenvalue weighted by atomic mass is 32.2. The van der Waals surface area contributed by atoms with Gasteiger partial charge in [-0.1, -0.05) is 42.1 Å². The van der Waals surface area contributed by atoms with Crippen LogP contribution in [0.5, 0.6) is 0 Å². The van der Waals surface area contributed by atoms with E-state index in [1.165, 1.54) is 24.9 Å². The molecule has 0 saturated heterocycles. The second-order valence-electron chi connectivity index (χ2n) is 3.63. The summed E-state index contributed by atoms with van der Waals surface area (Å²) in [6.45, 7) is 1.51. The summed E-state index contributed by atoms with van der Waals surface area (Å²) in [5, 5.41) is 0.446. The predicted octanol–water partition coefficient (Wildman–Crippen LogP) is 2.49. The maximum atomic E-state index is 12.0. The van der Waals surface area contributed by atoms with Gasteiger partial charge in [-0.05, 0) is 6.92 Å². The van der Waals surface area contributed by atoms with Crippen molar-refractivity contribution in [2.75, 3.05) is 5.75 Å². The van der Waals surface area contributed by atoms with Gasteiger partial charge in [-0.25, -0.2) is 4.99 Å². The van der Waals surface area contributed by atoms with Gasteiger partial charge >= 0.3 is 0 Å². The van der Waals surface area contributed by atoms with Crippen LogP contribution in [0.1, 0.15) is 17.3 Å². The van der Waals surface area contributed by atoms with E-state index in [1.807, 2.05) is 18.2 Å². The van der Waals surface area contributed by atoms with Gasteiger partial charge in [0.2, 0.25) is 5.78 Å². The average molecular weight is 245 g/mol. The fourth-order valence-electron chi connectivity index (χ4n) is 1.39. The van der Waals surface area contributed by atoms with E-state index in [-0.39, 0.29) is 11.6 Å². The highest BCUT2D eigenvalue weighted by Crippen LogP contribution is 2.20. The lowest BCUT2D eigenvalue weighted by molar-refractivity contribution is -0.113. The monoisotopic (exact) mass is 245 g/mol. The van der Waals surface area contributed by atoms with Crippen LogP contribution in [0.15, 0.2) is 47.1 Å². The van der Waals surface area contributed by atoms with Crippen LogP contribution in [0, 0.1) is 0 Å².